The monoisotopic (exact) mass is 635 g/mol. The summed E-state index contributed by atoms with van der Waals surface area (Å²) in [6.45, 7) is 5.41. The molecule has 1 heterocycles. The van der Waals surface area contributed by atoms with Crippen LogP contribution < -0.4 is 15.9 Å². The Labute approximate surface area is 244 Å². The van der Waals surface area contributed by atoms with Gasteiger partial charge in [-0.2, -0.15) is 0 Å². The predicted molar refractivity (Wildman–Crippen MR) is 166 cm³/mol. The SMILES string of the molecule is CCCO.CCCn1[c-]nc2ccccc21.[CH3-].[Cl][RuH+2].c1ccc([PH+](c2ccccc2)c2ccccc2)cc1. The fourth-order valence-corrected chi connectivity index (χ4v) is 6.24. The molecule has 0 amide bonds. The second-order valence-corrected chi connectivity index (χ2v) is 10.5. The van der Waals surface area contributed by atoms with Gasteiger partial charge in [-0.1, -0.05) is 91.6 Å². The number of aryl methyl sites for hydroxylation is 1. The Kier molecular flexibility index (Phi) is 18.3. The average molecular weight is 635 g/mol. The summed E-state index contributed by atoms with van der Waals surface area (Å²) in [7, 11) is 3.73. The van der Waals surface area contributed by atoms with Gasteiger partial charge in [0.2, 0.25) is 0 Å². The first-order chi connectivity index (χ1) is 18.3. The molecule has 0 aliphatic carbocycles. The van der Waals surface area contributed by atoms with Crippen LogP contribution in [0.4, 0.5) is 0 Å². The number of hydrogen-bond donors (Lipinski definition) is 1. The molecule has 1 aromatic heterocycles. The molecule has 0 radical (unpaired) electrons. The number of imidazole rings is 1. The van der Waals surface area contributed by atoms with Gasteiger partial charge < -0.3 is 22.1 Å². The van der Waals surface area contributed by atoms with Gasteiger partial charge in [0.05, 0.1) is 7.92 Å². The number of aromatic nitrogens is 2. The van der Waals surface area contributed by atoms with E-state index in [-0.39, 0.29) is 7.43 Å². The third-order valence-electron chi connectivity index (χ3n) is 5.32. The Hall–Kier alpha value is -2.35. The number of halogens is 1. The van der Waals surface area contributed by atoms with Crippen LogP contribution in [0.15, 0.2) is 115 Å². The summed E-state index contributed by atoms with van der Waals surface area (Å²) in [6.07, 6.45) is 4.98. The summed E-state index contributed by atoms with van der Waals surface area (Å²) < 4.78 is 2.06. The molecule has 0 saturated heterocycles. The molecule has 0 spiro atoms. The number of benzene rings is 4. The van der Waals surface area contributed by atoms with Crippen molar-refractivity contribution in [2.24, 2.45) is 0 Å². The Balaban J connectivity index is 0.000000327. The van der Waals surface area contributed by atoms with Crippen molar-refractivity contribution in [1.29, 1.82) is 0 Å². The van der Waals surface area contributed by atoms with Crippen molar-refractivity contribution in [3.8, 4) is 0 Å². The predicted octanol–water partition coefficient (Wildman–Crippen LogP) is 6.68. The van der Waals surface area contributed by atoms with Gasteiger partial charge in [0.1, 0.15) is 15.9 Å². The van der Waals surface area contributed by atoms with E-state index >= 15 is 0 Å². The standard InChI is InChI=1S/C18H15P.C10H11N2.C3H8O.CH3.ClH.Ru.H/c1-4-10-16(11-5-1)19(17-12-6-2-7-13-17)18-14-8-3-9-15-18;1-2-7-12-8-11-9-5-3-4-6-10(9)12;1-2-3-4;;;;/h1-15H;3-6H,2,7H2,1H3;4H,2-3H2,1H3;1H3;1H;;/q;-1;;-1;;+3;. The van der Waals surface area contributed by atoms with Gasteiger partial charge in [-0.15, -0.1) is 12.1 Å². The molecule has 3 nitrogen and oxygen atoms in total. The molecule has 0 bridgehead atoms. The van der Waals surface area contributed by atoms with Gasteiger partial charge in [0, 0.05) is 12.9 Å². The maximum Gasteiger partial charge on any atom is 0.102 e. The maximum absolute atomic E-state index is 7.88. The zero-order valence-corrected chi connectivity index (χ0v) is 26.0. The minimum atomic E-state index is -0.877. The molecule has 1 N–H and O–H groups in total. The van der Waals surface area contributed by atoms with Crippen molar-refractivity contribution < 1.29 is 22.4 Å². The number of rotatable bonds is 6. The molecule has 0 fully saturated rings. The van der Waals surface area contributed by atoms with Crippen LogP contribution in [0.25, 0.3) is 11.0 Å². The van der Waals surface area contributed by atoms with Crippen LogP contribution >= 0.6 is 17.6 Å². The molecule has 0 saturated carbocycles. The van der Waals surface area contributed by atoms with E-state index in [2.05, 4.69) is 130 Å². The van der Waals surface area contributed by atoms with E-state index in [0.717, 1.165) is 24.9 Å². The van der Waals surface area contributed by atoms with Crippen molar-refractivity contribution in [2.45, 2.75) is 33.2 Å². The van der Waals surface area contributed by atoms with Gasteiger partial charge in [-0.3, -0.25) is 0 Å². The molecule has 38 heavy (non-hydrogen) atoms. The van der Waals surface area contributed by atoms with Crippen LogP contribution in [0, 0.1) is 13.8 Å². The molecule has 4 aromatic carbocycles. The third-order valence-corrected chi connectivity index (χ3v) is 8.05. The number of para-hydroxylation sites is 2. The quantitative estimate of drug-likeness (QED) is 0.129. The molecule has 5 rings (SSSR count). The molecular formula is C32H39ClN2OPRu+. The first-order valence-electron chi connectivity index (χ1n) is 12.4. The molecule has 0 atom stereocenters. The van der Waals surface area contributed by atoms with Crippen LogP contribution in [0.2, 0.25) is 0 Å². The fourth-order valence-electron chi connectivity index (χ4n) is 3.66. The van der Waals surface area contributed by atoms with E-state index in [1.165, 1.54) is 21.4 Å². The van der Waals surface area contributed by atoms with Crippen molar-refractivity contribution in [3.05, 3.63) is 129 Å². The summed E-state index contributed by atoms with van der Waals surface area (Å²) in [6, 6.07) is 40.6. The smallest absolute Gasteiger partial charge is 0.0620 e. The van der Waals surface area contributed by atoms with Crippen LogP contribution in [-0.4, -0.2) is 21.3 Å². The largest absolute Gasteiger partial charge is 0.102 e. The van der Waals surface area contributed by atoms with Crippen LogP contribution in [0.3, 0.4) is 0 Å². The van der Waals surface area contributed by atoms with Gasteiger partial charge in [0.25, 0.3) is 0 Å². The Bertz CT molecular complexity index is 1140. The van der Waals surface area contributed by atoms with Crippen LogP contribution in [0.5, 0.6) is 0 Å². The van der Waals surface area contributed by atoms with Crippen molar-refractivity contribution in [3.63, 3.8) is 0 Å². The van der Waals surface area contributed by atoms with Crippen molar-refractivity contribution in [2.75, 3.05) is 6.61 Å². The average Bonchev–Trinajstić information content (AvgIpc) is 3.40. The Morgan fingerprint density at radius 3 is 1.50 bits per heavy atom. The van der Waals surface area contributed by atoms with E-state index in [1.54, 1.807) is 17.3 Å². The summed E-state index contributed by atoms with van der Waals surface area (Å²) in [4.78, 5) is 4.18. The fraction of sp³-hybridized carbons (Fsp3) is 0.188. The minimum absolute atomic E-state index is 0. The first-order valence-corrected chi connectivity index (χ1v) is 16.3. The summed E-state index contributed by atoms with van der Waals surface area (Å²) in [5.74, 6) is 0. The van der Waals surface area contributed by atoms with Gasteiger partial charge in [-0.25, -0.2) is 0 Å². The van der Waals surface area contributed by atoms with Crippen molar-refractivity contribution in [1.82, 2.24) is 9.55 Å². The molecule has 202 valence electrons. The zero-order chi connectivity index (χ0) is 26.7. The topological polar surface area (TPSA) is 38.0 Å². The number of fused-ring (bicyclic) bond motifs is 1. The number of nitrogens with zero attached hydrogens (tertiary/aromatic N) is 2. The van der Waals surface area contributed by atoms with Gasteiger partial charge in [-0.05, 0) is 55.8 Å². The van der Waals surface area contributed by atoms with Crippen LogP contribution in [-0.2, 0) is 23.9 Å². The molecule has 0 unspecified atom stereocenters. The van der Waals surface area contributed by atoms with E-state index in [9.17, 15) is 0 Å². The number of aliphatic hydroxyl groups is 1. The van der Waals surface area contributed by atoms with E-state index in [1.807, 2.05) is 25.1 Å². The van der Waals surface area contributed by atoms with E-state index < -0.39 is 7.92 Å². The molecular weight excluding hydrogens is 596 g/mol. The summed E-state index contributed by atoms with van der Waals surface area (Å²) >= 11 is 1.62. The number of hydrogen-bond acceptors (Lipinski definition) is 2. The first kappa shape index (κ1) is 33.7. The summed E-state index contributed by atoms with van der Waals surface area (Å²) in [5.41, 5.74) is 2.21. The Morgan fingerprint density at radius 2 is 1.11 bits per heavy atom. The summed E-state index contributed by atoms with van der Waals surface area (Å²) in [5, 5.41) is 12.2. The maximum atomic E-state index is 7.88. The van der Waals surface area contributed by atoms with Crippen LogP contribution in [0.1, 0.15) is 26.7 Å². The Morgan fingerprint density at radius 1 is 0.711 bits per heavy atom. The molecule has 0 aliphatic rings. The zero-order valence-electron chi connectivity index (χ0n) is 22.4. The normalized spacial score (nSPS) is 9.63. The second kappa shape index (κ2) is 20.6. The second-order valence-electron chi connectivity index (χ2n) is 8.05. The third kappa shape index (κ3) is 10.8. The molecule has 5 aromatic rings. The van der Waals surface area contributed by atoms with Crippen molar-refractivity contribution >= 4 is 44.6 Å². The van der Waals surface area contributed by atoms with E-state index in [4.69, 9.17) is 5.11 Å². The number of aliphatic hydroxyl groups excluding tert-OH is 1. The van der Waals surface area contributed by atoms with Gasteiger partial charge >= 0.3 is 27.0 Å². The molecule has 0 aliphatic heterocycles. The van der Waals surface area contributed by atoms with Gasteiger partial charge in [0.15, 0.2) is 0 Å². The van der Waals surface area contributed by atoms with E-state index in [0.29, 0.717) is 6.61 Å². The molecule has 6 heteroatoms. The minimum Gasteiger partial charge on any atom is -0.0620 e.